The zero-order chi connectivity index (χ0) is 12.4. The standard InChI is InChI=1S/C14H13N3S/c15-9-10-4-3-5-11(8-10)18-14-16-12-6-1-2-7-13(12)17-14/h1-8H,9,15H2,(H,16,17). The van der Waals surface area contributed by atoms with Crippen LogP contribution in [0.5, 0.6) is 0 Å². The molecule has 0 saturated heterocycles. The molecule has 0 aliphatic rings. The zero-order valence-electron chi connectivity index (χ0n) is 9.76. The molecule has 3 N–H and O–H groups in total. The molecule has 0 bridgehead atoms. The van der Waals surface area contributed by atoms with Crippen molar-refractivity contribution >= 4 is 22.8 Å². The van der Waals surface area contributed by atoms with Crippen molar-refractivity contribution in [1.82, 2.24) is 9.97 Å². The predicted molar refractivity (Wildman–Crippen MR) is 74.6 cm³/mol. The highest BCUT2D eigenvalue weighted by Gasteiger charge is 2.04. The van der Waals surface area contributed by atoms with Crippen molar-refractivity contribution in [2.45, 2.75) is 16.6 Å². The van der Waals surface area contributed by atoms with Gasteiger partial charge in [-0.1, -0.05) is 36.0 Å². The molecule has 0 atom stereocenters. The van der Waals surface area contributed by atoms with Gasteiger partial charge in [0, 0.05) is 11.4 Å². The van der Waals surface area contributed by atoms with Crippen molar-refractivity contribution in [1.29, 1.82) is 0 Å². The highest BCUT2D eigenvalue weighted by atomic mass is 32.2. The molecule has 18 heavy (non-hydrogen) atoms. The third-order valence-corrected chi connectivity index (χ3v) is 3.59. The van der Waals surface area contributed by atoms with Crippen molar-refractivity contribution in [3.63, 3.8) is 0 Å². The van der Waals surface area contributed by atoms with Gasteiger partial charge in [-0.2, -0.15) is 0 Å². The summed E-state index contributed by atoms with van der Waals surface area (Å²) in [5.74, 6) is 0. The van der Waals surface area contributed by atoms with Gasteiger partial charge < -0.3 is 10.7 Å². The van der Waals surface area contributed by atoms with Crippen molar-refractivity contribution in [3.05, 3.63) is 54.1 Å². The lowest BCUT2D eigenvalue weighted by Gasteiger charge is -2.00. The number of nitrogens with zero attached hydrogens (tertiary/aromatic N) is 1. The Bertz CT molecular complexity index is 642. The zero-order valence-corrected chi connectivity index (χ0v) is 10.6. The summed E-state index contributed by atoms with van der Waals surface area (Å²) in [6, 6.07) is 16.2. The van der Waals surface area contributed by atoms with Crippen LogP contribution in [0.1, 0.15) is 5.56 Å². The summed E-state index contributed by atoms with van der Waals surface area (Å²) in [6.07, 6.45) is 0. The SMILES string of the molecule is NCc1cccc(Sc2nc3ccccc3[nH]2)c1. The van der Waals surface area contributed by atoms with Crippen LogP contribution in [0.3, 0.4) is 0 Å². The van der Waals surface area contributed by atoms with Gasteiger partial charge in [-0.05, 0) is 29.8 Å². The van der Waals surface area contributed by atoms with E-state index in [1.165, 1.54) is 0 Å². The van der Waals surface area contributed by atoms with E-state index >= 15 is 0 Å². The molecule has 0 unspecified atom stereocenters. The van der Waals surface area contributed by atoms with Crippen LogP contribution in [0.15, 0.2) is 58.6 Å². The summed E-state index contributed by atoms with van der Waals surface area (Å²) in [6.45, 7) is 0.564. The fraction of sp³-hybridized carbons (Fsp3) is 0.0714. The molecule has 0 aliphatic carbocycles. The predicted octanol–water partition coefficient (Wildman–Crippen LogP) is 3.17. The molecular weight excluding hydrogens is 242 g/mol. The second-order valence-corrected chi connectivity index (χ2v) is 5.07. The van der Waals surface area contributed by atoms with Crippen LogP contribution in [0.4, 0.5) is 0 Å². The van der Waals surface area contributed by atoms with E-state index < -0.39 is 0 Å². The molecule has 90 valence electrons. The highest BCUT2D eigenvalue weighted by Crippen LogP contribution is 2.27. The minimum Gasteiger partial charge on any atom is -0.333 e. The van der Waals surface area contributed by atoms with Crippen LogP contribution >= 0.6 is 11.8 Å². The number of H-pyrrole nitrogens is 1. The van der Waals surface area contributed by atoms with Crippen LogP contribution < -0.4 is 5.73 Å². The van der Waals surface area contributed by atoms with E-state index in [1.807, 2.05) is 36.4 Å². The normalized spacial score (nSPS) is 10.9. The number of hydrogen-bond acceptors (Lipinski definition) is 3. The number of imidazole rings is 1. The molecule has 0 saturated carbocycles. The van der Waals surface area contributed by atoms with E-state index in [0.717, 1.165) is 26.6 Å². The number of hydrogen-bond donors (Lipinski definition) is 2. The number of nitrogens with two attached hydrogens (primary N) is 1. The molecule has 3 aromatic rings. The molecule has 1 aromatic heterocycles. The van der Waals surface area contributed by atoms with Gasteiger partial charge in [-0.3, -0.25) is 0 Å². The van der Waals surface area contributed by atoms with E-state index in [1.54, 1.807) is 11.8 Å². The van der Waals surface area contributed by atoms with Crippen LogP contribution in [-0.2, 0) is 6.54 Å². The lowest BCUT2D eigenvalue weighted by atomic mass is 10.2. The minimum absolute atomic E-state index is 0.564. The van der Waals surface area contributed by atoms with Gasteiger partial charge in [0.2, 0.25) is 0 Å². The maximum absolute atomic E-state index is 5.64. The van der Waals surface area contributed by atoms with E-state index in [9.17, 15) is 0 Å². The molecule has 0 aliphatic heterocycles. The van der Waals surface area contributed by atoms with Crippen LogP contribution in [0, 0.1) is 0 Å². The van der Waals surface area contributed by atoms with Gasteiger partial charge in [-0.25, -0.2) is 4.98 Å². The topological polar surface area (TPSA) is 54.7 Å². The molecule has 2 aromatic carbocycles. The molecule has 0 fully saturated rings. The van der Waals surface area contributed by atoms with E-state index in [-0.39, 0.29) is 0 Å². The first-order valence-corrected chi connectivity index (χ1v) is 6.58. The van der Waals surface area contributed by atoms with Gasteiger partial charge in [0.1, 0.15) is 0 Å². The summed E-state index contributed by atoms with van der Waals surface area (Å²) >= 11 is 1.62. The molecule has 3 rings (SSSR count). The fourth-order valence-electron chi connectivity index (χ4n) is 1.83. The Kier molecular flexibility index (Phi) is 3.04. The van der Waals surface area contributed by atoms with Gasteiger partial charge in [0.05, 0.1) is 11.0 Å². The van der Waals surface area contributed by atoms with E-state index in [0.29, 0.717) is 6.54 Å². The van der Waals surface area contributed by atoms with Crippen LogP contribution in [0.2, 0.25) is 0 Å². The van der Waals surface area contributed by atoms with Gasteiger partial charge in [0.15, 0.2) is 5.16 Å². The Labute approximate surface area is 109 Å². The lowest BCUT2D eigenvalue weighted by molar-refractivity contribution is 1.05. The number of aromatic amines is 1. The summed E-state index contributed by atoms with van der Waals surface area (Å²) < 4.78 is 0. The Morgan fingerprint density at radius 1 is 1.11 bits per heavy atom. The first kappa shape index (κ1) is 11.3. The summed E-state index contributed by atoms with van der Waals surface area (Å²) in [5, 5.41) is 0.908. The average molecular weight is 255 g/mol. The minimum atomic E-state index is 0.564. The maximum Gasteiger partial charge on any atom is 0.171 e. The molecule has 0 spiro atoms. The molecule has 4 heteroatoms. The number of rotatable bonds is 3. The molecule has 0 radical (unpaired) electrons. The number of fused-ring (bicyclic) bond motifs is 1. The largest absolute Gasteiger partial charge is 0.333 e. The molecule has 3 nitrogen and oxygen atoms in total. The van der Waals surface area contributed by atoms with E-state index in [2.05, 4.69) is 22.1 Å². The number of nitrogens with one attached hydrogen (secondary N) is 1. The summed E-state index contributed by atoms with van der Waals surface area (Å²) in [5.41, 5.74) is 8.84. The number of benzene rings is 2. The van der Waals surface area contributed by atoms with Crippen molar-refractivity contribution < 1.29 is 0 Å². The highest BCUT2D eigenvalue weighted by molar-refractivity contribution is 7.99. The van der Waals surface area contributed by atoms with Gasteiger partial charge in [0.25, 0.3) is 0 Å². The second-order valence-electron chi connectivity index (χ2n) is 4.01. The Morgan fingerprint density at radius 2 is 2.00 bits per heavy atom. The molecular formula is C14H13N3S. The Balaban J connectivity index is 1.91. The third kappa shape index (κ3) is 2.25. The smallest absolute Gasteiger partial charge is 0.171 e. The summed E-state index contributed by atoms with van der Waals surface area (Å²) in [4.78, 5) is 8.99. The Morgan fingerprint density at radius 3 is 2.83 bits per heavy atom. The van der Waals surface area contributed by atoms with Crippen molar-refractivity contribution in [3.8, 4) is 0 Å². The first-order valence-electron chi connectivity index (χ1n) is 5.77. The Hall–Kier alpha value is -1.78. The maximum atomic E-state index is 5.64. The summed E-state index contributed by atoms with van der Waals surface area (Å²) in [7, 11) is 0. The number of aromatic nitrogens is 2. The average Bonchev–Trinajstić information content (AvgIpc) is 2.81. The number of para-hydroxylation sites is 2. The first-order chi connectivity index (χ1) is 8.85. The fourth-order valence-corrected chi connectivity index (χ4v) is 2.71. The van der Waals surface area contributed by atoms with Gasteiger partial charge in [-0.15, -0.1) is 0 Å². The van der Waals surface area contributed by atoms with E-state index in [4.69, 9.17) is 5.73 Å². The van der Waals surface area contributed by atoms with Crippen molar-refractivity contribution in [2.75, 3.05) is 0 Å². The second kappa shape index (κ2) is 4.84. The third-order valence-electron chi connectivity index (χ3n) is 2.72. The van der Waals surface area contributed by atoms with Gasteiger partial charge >= 0.3 is 0 Å². The van der Waals surface area contributed by atoms with Crippen LogP contribution in [-0.4, -0.2) is 9.97 Å². The monoisotopic (exact) mass is 255 g/mol. The lowest BCUT2D eigenvalue weighted by Crippen LogP contribution is -1.95. The van der Waals surface area contributed by atoms with Crippen molar-refractivity contribution in [2.24, 2.45) is 5.73 Å². The van der Waals surface area contributed by atoms with Crippen LogP contribution in [0.25, 0.3) is 11.0 Å². The molecule has 1 heterocycles. The molecule has 0 amide bonds. The quantitative estimate of drug-likeness (QED) is 0.755.